The summed E-state index contributed by atoms with van der Waals surface area (Å²) >= 11 is 1.32. The third-order valence-corrected chi connectivity index (χ3v) is 3.18. The van der Waals surface area contributed by atoms with Gasteiger partial charge in [-0.2, -0.15) is 0 Å². The maximum Gasteiger partial charge on any atom is 0.374 e. The summed E-state index contributed by atoms with van der Waals surface area (Å²) in [6, 6.07) is 3.79. The molecule has 1 aromatic carbocycles. The minimum absolute atomic E-state index is 0.212. The second kappa shape index (κ2) is 5.31. The van der Waals surface area contributed by atoms with E-state index in [9.17, 15) is 9.18 Å². The molecule has 19 heavy (non-hydrogen) atoms. The molecule has 1 N–H and O–H groups in total. The van der Waals surface area contributed by atoms with Crippen molar-refractivity contribution in [1.82, 2.24) is 5.16 Å². The highest BCUT2D eigenvalue weighted by Gasteiger charge is 2.18. The van der Waals surface area contributed by atoms with Crippen LogP contribution in [-0.2, 0) is 0 Å². The molecule has 0 saturated carbocycles. The van der Waals surface area contributed by atoms with Crippen LogP contribution in [0.4, 0.5) is 4.39 Å². The van der Waals surface area contributed by atoms with Crippen molar-refractivity contribution in [3.8, 4) is 17.0 Å². The third kappa shape index (κ3) is 2.55. The summed E-state index contributed by atoms with van der Waals surface area (Å²) in [5.74, 6) is -1.58. The highest BCUT2D eigenvalue weighted by molar-refractivity contribution is 7.98. The van der Waals surface area contributed by atoms with E-state index < -0.39 is 11.8 Å². The number of carbonyl (C=O) groups is 1. The molecule has 0 saturated heterocycles. The summed E-state index contributed by atoms with van der Waals surface area (Å²) in [6.45, 7) is 0. The van der Waals surface area contributed by atoms with Crippen molar-refractivity contribution >= 4 is 17.7 Å². The molecule has 0 unspecified atom stereocenters. The lowest BCUT2D eigenvalue weighted by Gasteiger charge is -2.10. The normalized spacial score (nSPS) is 10.5. The molecule has 7 heteroatoms. The Hall–Kier alpha value is -2.02. The third-order valence-electron chi connectivity index (χ3n) is 2.44. The summed E-state index contributed by atoms with van der Waals surface area (Å²) in [4.78, 5) is 11.3. The second-order valence-corrected chi connectivity index (χ2v) is 4.42. The number of aromatic carboxylic acids is 1. The van der Waals surface area contributed by atoms with Crippen LogP contribution in [0.1, 0.15) is 10.6 Å². The number of nitrogens with zero attached hydrogens (tertiary/aromatic N) is 1. The second-order valence-electron chi connectivity index (χ2n) is 3.57. The number of benzene rings is 1. The Labute approximate surface area is 112 Å². The van der Waals surface area contributed by atoms with Crippen LogP contribution in [0.2, 0.25) is 0 Å². The molecule has 0 fully saturated rings. The maximum atomic E-state index is 13.5. The Kier molecular flexibility index (Phi) is 3.75. The zero-order chi connectivity index (χ0) is 14.0. The van der Waals surface area contributed by atoms with E-state index in [0.29, 0.717) is 16.2 Å². The zero-order valence-corrected chi connectivity index (χ0v) is 11.0. The van der Waals surface area contributed by atoms with Crippen LogP contribution in [0.3, 0.4) is 0 Å². The van der Waals surface area contributed by atoms with Crippen LogP contribution >= 0.6 is 11.8 Å². The monoisotopic (exact) mass is 283 g/mol. The van der Waals surface area contributed by atoms with E-state index in [1.807, 2.05) is 0 Å². The van der Waals surface area contributed by atoms with Gasteiger partial charge in [0.05, 0.1) is 12.0 Å². The van der Waals surface area contributed by atoms with E-state index in [1.165, 1.54) is 37.1 Å². The number of hydrogen-bond donors (Lipinski definition) is 1. The molecule has 1 aromatic heterocycles. The van der Waals surface area contributed by atoms with Crippen molar-refractivity contribution in [3.63, 3.8) is 0 Å². The number of aromatic nitrogens is 1. The molecule has 1 heterocycles. The number of carboxylic acid groups (broad SMARTS) is 1. The molecule has 2 rings (SSSR count). The smallest absolute Gasteiger partial charge is 0.374 e. The van der Waals surface area contributed by atoms with Gasteiger partial charge in [0.25, 0.3) is 0 Å². The average molecular weight is 283 g/mol. The molecule has 0 radical (unpaired) electrons. The van der Waals surface area contributed by atoms with Crippen LogP contribution < -0.4 is 4.74 Å². The Morgan fingerprint density at radius 2 is 2.21 bits per heavy atom. The molecule has 0 bridgehead atoms. The molecule has 0 amide bonds. The fourth-order valence-corrected chi connectivity index (χ4v) is 2.23. The van der Waals surface area contributed by atoms with Crippen LogP contribution in [0, 0.1) is 5.82 Å². The summed E-state index contributed by atoms with van der Waals surface area (Å²) < 4.78 is 23.4. The summed E-state index contributed by atoms with van der Waals surface area (Å²) in [5.41, 5.74) is 0.562. The lowest BCUT2D eigenvalue weighted by atomic mass is 10.1. The lowest BCUT2D eigenvalue weighted by molar-refractivity contribution is 0.0652. The Balaban J connectivity index is 2.59. The number of methoxy groups -OCH3 is 1. The highest BCUT2D eigenvalue weighted by Crippen LogP contribution is 2.38. The van der Waals surface area contributed by atoms with E-state index in [4.69, 9.17) is 9.84 Å². The van der Waals surface area contributed by atoms with Crippen LogP contribution in [0.5, 0.6) is 5.75 Å². The van der Waals surface area contributed by atoms with Crippen molar-refractivity contribution in [2.75, 3.05) is 13.4 Å². The molecular weight excluding hydrogens is 273 g/mol. The fraction of sp³-hybridized carbons (Fsp3) is 0.167. The van der Waals surface area contributed by atoms with Gasteiger partial charge in [-0.25, -0.2) is 9.18 Å². The molecule has 100 valence electrons. The van der Waals surface area contributed by atoms with Gasteiger partial charge < -0.3 is 14.4 Å². The maximum absolute atomic E-state index is 13.5. The Morgan fingerprint density at radius 1 is 1.47 bits per heavy atom. The lowest BCUT2D eigenvalue weighted by Crippen LogP contribution is -1.93. The first-order valence-corrected chi connectivity index (χ1v) is 6.41. The molecule has 0 aliphatic heterocycles. The molecule has 0 aliphatic carbocycles. The minimum Gasteiger partial charge on any atom is -0.495 e. The van der Waals surface area contributed by atoms with Gasteiger partial charge in [0, 0.05) is 11.6 Å². The van der Waals surface area contributed by atoms with E-state index in [1.54, 1.807) is 6.26 Å². The number of hydrogen-bond acceptors (Lipinski definition) is 5. The number of ether oxygens (including phenoxy) is 1. The van der Waals surface area contributed by atoms with Gasteiger partial charge in [0.1, 0.15) is 17.3 Å². The minimum atomic E-state index is -1.24. The number of thioether (sulfide) groups is 1. The van der Waals surface area contributed by atoms with E-state index in [2.05, 4.69) is 9.68 Å². The predicted octanol–water partition coefficient (Wildman–Crippen LogP) is 2.91. The van der Waals surface area contributed by atoms with Crippen LogP contribution in [-0.4, -0.2) is 29.6 Å². The van der Waals surface area contributed by atoms with Gasteiger partial charge in [-0.1, -0.05) is 5.16 Å². The Morgan fingerprint density at radius 3 is 2.74 bits per heavy atom. The average Bonchev–Trinajstić information content (AvgIpc) is 2.87. The van der Waals surface area contributed by atoms with Gasteiger partial charge in [0.2, 0.25) is 5.76 Å². The van der Waals surface area contributed by atoms with Crippen molar-refractivity contribution < 1.29 is 23.6 Å². The first-order valence-electron chi connectivity index (χ1n) is 5.18. The molecule has 0 atom stereocenters. The highest BCUT2D eigenvalue weighted by atomic mass is 32.2. The summed E-state index contributed by atoms with van der Waals surface area (Å²) in [6.07, 6.45) is 1.78. The van der Waals surface area contributed by atoms with Crippen molar-refractivity contribution in [2.45, 2.75) is 4.90 Å². The van der Waals surface area contributed by atoms with E-state index >= 15 is 0 Å². The number of carboxylic acids is 1. The standard InChI is InChI=1S/C12H10FNO4S/c1-17-11-7(3-6(13)4-10(11)19-2)8-5-9(12(15)16)18-14-8/h3-5H,1-2H3,(H,15,16). The number of rotatable bonds is 4. The van der Waals surface area contributed by atoms with Crippen molar-refractivity contribution in [1.29, 1.82) is 0 Å². The largest absolute Gasteiger partial charge is 0.495 e. The summed E-state index contributed by atoms with van der Waals surface area (Å²) in [7, 11) is 1.45. The molecular formula is C12H10FNO4S. The van der Waals surface area contributed by atoms with Gasteiger partial charge in [-0.05, 0) is 18.4 Å². The van der Waals surface area contributed by atoms with Gasteiger partial charge >= 0.3 is 5.97 Å². The van der Waals surface area contributed by atoms with Crippen LogP contribution in [0.15, 0.2) is 27.6 Å². The first-order chi connectivity index (χ1) is 9.06. The van der Waals surface area contributed by atoms with Crippen molar-refractivity contribution in [3.05, 3.63) is 29.8 Å². The molecule has 0 aliphatic rings. The van der Waals surface area contributed by atoms with Crippen molar-refractivity contribution in [2.24, 2.45) is 0 Å². The fourth-order valence-electron chi connectivity index (χ4n) is 1.62. The van der Waals surface area contributed by atoms with E-state index in [0.717, 1.165) is 0 Å². The van der Waals surface area contributed by atoms with Gasteiger partial charge in [-0.15, -0.1) is 11.8 Å². The van der Waals surface area contributed by atoms with Crippen LogP contribution in [0.25, 0.3) is 11.3 Å². The first kappa shape index (κ1) is 13.4. The quantitative estimate of drug-likeness (QED) is 0.870. The summed E-state index contributed by atoms with van der Waals surface area (Å²) in [5, 5.41) is 12.4. The number of halogens is 1. The molecule has 0 spiro atoms. The predicted molar refractivity (Wildman–Crippen MR) is 67.2 cm³/mol. The molecule has 5 nitrogen and oxygen atoms in total. The topological polar surface area (TPSA) is 72.6 Å². The zero-order valence-electron chi connectivity index (χ0n) is 10.1. The van der Waals surface area contributed by atoms with E-state index in [-0.39, 0.29) is 11.5 Å². The molecule has 2 aromatic rings. The Bertz CT molecular complexity index is 626. The van der Waals surface area contributed by atoms with Gasteiger partial charge in [0.15, 0.2) is 0 Å². The SMILES string of the molecule is COc1c(SC)cc(F)cc1-c1cc(C(=O)O)on1. The van der Waals surface area contributed by atoms with Gasteiger partial charge in [-0.3, -0.25) is 0 Å².